The van der Waals surface area contributed by atoms with Crippen molar-refractivity contribution < 1.29 is 17.7 Å². The van der Waals surface area contributed by atoms with Gasteiger partial charge in [-0.2, -0.15) is 0 Å². The average molecular weight is 601 g/mol. The fraction of sp³-hybridized carbons (Fsp3) is 0. The molecular weight excluding hydrogens is 573 g/mol. The molecule has 0 spiro atoms. The van der Waals surface area contributed by atoms with E-state index in [2.05, 4.69) is 48.5 Å². The number of hydrogen-bond donors (Lipinski definition) is 0. The van der Waals surface area contributed by atoms with E-state index < -0.39 is 9.05 Å². The van der Waals surface area contributed by atoms with Crippen LogP contribution in [-0.2, 0) is 0 Å². The summed E-state index contributed by atoms with van der Waals surface area (Å²) >= 11 is 0. The quantitative estimate of drug-likeness (QED) is 0.163. The van der Waals surface area contributed by atoms with Gasteiger partial charge in [0.25, 0.3) is 0 Å². The Morgan fingerprint density at radius 3 is 0.733 bits per heavy atom. The minimum atomic E-state index is -4.23. The van der Waals surface area contributed by atoms with Gasteiger partial charge in [0.15, 0.2) is 0 Å². The van der Waals surface area contributed by atoms with Gasteiger partial charge in [-0.3, -0.25) is 0 Å². The van der Waals surface area contributed by atoms with Gasteiger partial charge in [-0.05, 0) is 45.8 Å². The van der Waals surface area contributed by atoms with Crippen LogP contribution in [0.1, 0.15) is 0 Å². The SMILES string of the molecule is c1ccc2c(O[Si](Oc3cccc4ccccc34)(Oc3cccc4ccccc34)Oc3cccc4ccccc34)cccc2c1. The van der Waals surface area contributed by atoms with E-state index in [0.29, 0.717) is 23.0 Å². The monoisotopic (exact) mass is 600 g/mol. The summed E-state index contributed by atoms with van der Waals surface area (Å²) in [6.45, 7) is 0. The Balaban J connectivity index is 1.38. The van der Waals surface area contributed by atoms with Crippen molar-refractivity contribution >= 4 is 52.1 Å². The largest absolute Gasteiger partial charge is 0.966 e. The van der Waals surface area contributed by atoms with Crippen LogP contribution in [0.3, 0.4) is 0 Å². The molecule has 5 heteroatoms. The standard InChI is InChI=1S/C40H28O4Si/c1-5-21-33-29(13-1)17-9-25-37(33)41-45(42-38-26-10-18-30-14-2-6-22-34(30)38,43-39-27-11-19-31-15-3-7-23-35(31)39)44-40-28-12-20-32-16-4-8-24-36(32)40/h1-28H. The van der Waals surface area contributed by atoms with Gasteiger partial charge in [-0.1, -0.05) is 146 Å². The van der Waals surface area contributed by atoms with Crippen molar-refractivity contribution in [1.82, 2.24) is 0 Å². The van der Waals surface area contributed by atoms with Gasteiger partial charge >= 0.3 is 9.05 Å². The molecule has 45 heavy (non-hydrogen) atoms. The van der Waals surface area contributed by atoms with E-state index in [1.54, 1.807) is 0 Å². The van der Waals surface area contributed by atoms with Crippen LogP contribution in [0.4, 0.5) is 0 Å². The van der Waals surface area contributed by atoms with Gasteiger partial charge in [0.1, 0.15) is 23.0 Å². The first kappa shape index (κ1) is 26.8. The van der Waals surface area contributed by atoms with Crippen molar-refractivity contribution in [2.24, 2.45) is 0 Å². The number of benzene rings is 8. The van der Waals surface area contributed by atoms with Gasteiger partial charge in [-0.15, -0.1) is 0 Å². The third-order valence-corrected chi connectivity index (χ3v) is 9.82. The predicted octanol–water partition coefficient (Wildman–Crippen LogP) is 10.4. The molecule has 0 saturated carbocycles. The third kappa shape index (κ3) is 5.20. The van der Waals surface area contributed by atoms with E-state index >= 15 is 0 Å². The molecule has 0 aliphatic carbocycles. The normalized spacial score (nSPS) is 11.6. The number of fused-ring (bicyclic) bond motifs is 4. The summed E-state index contributed by atoms with van der Waals surface area (Å²) in [5.41, 5.74) is 0. The summed E-state index contributed by atoms with van der Waals surface area (Å²) in [6, 6.07) is 56.4. The van der Waals surface area contributed by atoms with Crippen LogP contribution in [0.25, 0.3) is 43.1 Å². The molecule has 0 fully saturated rings. The Labute approximate surface area is 262 Å². The van der Waals surface area contributed by atoms with Crippen LogP contribution in [0.2, 0.25) is 0 Å². The fourth-order valence-corrected chi connectivity index (χ4v) is 7.84. The minimum absolute atomic E-state index is 0.612. The highest BCUT2D eigenvalue weighted by Crippen LogP contribution is 2.37. The van der Waals surface area contributed by atoms with E-state index in [0.717, 1.165) is 43.1 Å². The van der Waals surface area contributed by atoms with E-state index in [9.17, 15) is 0 Å². The first-order valence-corrected chi connectivity index (χ1v) is 16.6. The Morgan fingerprint density at radius 2 is 0.467 bits per heavy atom. The Bertz CT molecular complexity index is 1960. The van der Waals surface area contributed by atoms with Crippen molar-refractivity contribution in [3.8, 4) is 23.0 Å². The Morgan fingerprint density at radius 1 is 0.244 bits per heavy atom. The fourth-order valence-electron chi connectivity index (χ4n) is 5.80. The van der Waals surface area contributed by atoms with Crippen LogP contribution in [-0.4, -0.2) is 9.05 Å². The summed E-state index contributed by atoms with van der Waals surface area (Å²) < 4.78 is 28.2. The van der Waals surface area contributed by atoms with E-state index in [-0.39, 0.29) is 0 Å². The van der Waals surface area contributed by atoms with Crippen LogP contribution < -0.4 is 17.7 Å². The van der Waals surface area contributed by atoms with Crippen molar-refractivity contribution in [2.45, 2.75) is 0 Å². The molecule has 216 valence electrons. The Kier molecular flexibility index (Phi) is 6.78. The lowest BCUT2D eigenvalue weighted by Crippen LogP contribution is -2.60. The zero-order chi connectivity index (χ0) is 30.1. The molecule has 8 aromatic rings. The zero-order valence-corrected chi connectivity index (χ0v) is 25.3. The van der Waals surface area contributed by atoms with Crippen molar-refractivity contribution in [3.05, 3.63) is 170 Å². The maximum Gasteiger partial charge on any atom is 0.966 e. The molecule has 0 aliphatic rings. The van der Waals surface area contributed by atoms with Crippen molar-refractivity contribution in [3.63, 3.8) is 0 Å². The third-order valence-electron chi connectivity index (χ3n) is 7.94. The topological polar surface area (TPSA) is 36.9 Å². The molecule has 4 nitrogen and oxygen atoms in total. The summed E-state index contributed by atoms with van der Waals surface area (Å²) in [4.78, 5) is 0. The lowest BCUT2D eigenvalue weighted by Gasteiger charge is -2.30. The highest BCUT2D eigenvalue weighted by atomic mass is 28.4. The van der Waals surface area contributed by atoms with Gasteiger partial charge in [0, 0.05) is 21.5 Å². The van der Waals surface area contributed by atoms with Gasteiger partial charge in [-0.25, -0.2) is 0 Å². The van der Waals surface area contributed by atoms with Gasteiger partial charge in [0.2, 0.25) is 0 Å². The average Bonchev–Trinajstić information content (AvgIpc) is 3.09. The second-order valence-electron chi connectivity index (χ2n) is 10.8. The molecule has 0 amide bonds. The minimum Gasteiger partial charge on any atom is -0.452 e. The first-order chi connectivity index (χ1) is 22.2. The highest BCUT2D eigenvalue weighted by Gasteiger charge is 2.59. The van der Waals surface area contributed by atoms with Crippen LogP contribution >= 0.6 is 0 Å². The maximum absolute atomic E-state index is 7.05. The lowest BCUT2D eigenvalue weighted by atomic mass is 10.1. The molecule has 8 aromatic carbocycles. The maximum atomic E-state index is 7.05. The predicted molar refractivity (Wildman–Crippen MR) is 184 cm³/mol. The van der Waals surface area contributed by atoms with Crippen LogP contribution in [0.5, 0.6) is 23.0 Å². The zero-order valence-electron chi connectivity index (χ0n) is 24.3. The molecule has 0 radical (unpaired) electrons. The molecular formula is C40H28O4Si. The van der Waals surface area contributed by atoms with Crippen LogP contribution in [0, 0.1) is 0 Å². The molecule has 0 saturated heterocycles. The molecule has 0 atom stereocenters. The number of rotatable bonds is 8. The summed E-state index contributed by atoms with van der Waals surface area (Å²) in [7, 11) is -4.23. The van der Waals surface area contributed by atoms with Crippen molar-refractivity contribution in [1.29, 1.82) is 0 Å². The van der Waals surface area contributed by atoms with E-state index in [1.807, 2.05) is 121 Å². The Hall–Kier alpha value is -5.78. The molecule has 0 bridgehead atoms. The summed E-state index contributed by atoms with van der Waals surface area (Å²) in [5, 5.41) is 7.89. The second-order valence-corrected chi connectivity index (χ2v) is 12.6. The molecule has 8 rings (SSSR count). The van der Waals surface area contributed by atoms with E-state index in [1.165, 1.54) is 0 Å². The highest BCUT2D eigenvalue weighted by molar-refractivity contribution is 6.57. The lowest BCUT2D eigenvalue weighted by molar-refractivity contribution is 0.164. The molecule has 0 N–H and O–H groups in total. The van der Waals surface area contributed by atoms with Crippen LogP contribution in [0.15, 0.2) is 170 Å². The second kappa shape index (κ2) is 11.4. The molecule has 0 unspecified atom stereocenters. The molecule has 0 aliphatic heterocycles. The van der Waals surface area contributed by atoms with Gasteiger partial charge < -0.3 is 17.7 Å². The van der Waals surface area contributed by atoms with E-state index in [4.69, 9.17) is 17.7 Å². The molecule has 0 aromatic heterocycles. The first-order valence-electron chi connectivity index (χ1n) is 14.9. The van der Waals surface area contributed by atoms with Gasteiger partial charge in [0.05, 0.1) is 0 Å². The number of hydrogen-bond acceptors (Lipinski definition) is 4. The molecule has 0 heterocycles. The van der Waals surface area contributed by atoms with Crippen molar-refractivity contribution in [2.75, 3.05) is 0 Å². The summed E-state index contributed by atoms with van der Waals surface area (Å²) in [6.07, 6.45) is 0. The summed E-state index contributed by atoms with van der Waals surface area (Å²) in [5.74, 6) is 2.45. The smallest absolute Gasteiger partial charge is 0.452 e.